The van der Waals surface area contributed by atoms with E-state index >= 15 is 0 Å². The van der Waals surface area contributed by atoms with Crippen LogP contribution in [0, 0.1) is 0 Å². The number of nitrogens with one attached hydrogen (secondary N) is 2. The topological polar surface area (TPSA) is 48.9 Å². The van der Waals surface area contributed by atoms with E-state index in [-0.39, 0.29) is 24.0 Å². The fraction of sp³-hybridized carbons (Fsp3) is 0.632. The summed E-state index contributed by atoms with van der Waals surface area (Å²) in [6.07, 6.45) is 4.88. The minimum atomic E-state index is 0. The minimum absolute atomic E-state index is 0. The largest absolute Gasteiger partial charge is 0.378 e. The van der Waals surface area contributed by atoms with Crippen molar-refractivity contribution in [2.45, 2.75) is 44.8 Å². The molecular formula is C19H30ClIN4O. The van der Waals surface area contributed by atoms with Crippen molar-refractivity contribution in [2.75, 3.05) is 37.7 Å². The summed E-state index contributed by atoms with van der Waals surface area (Å²) >= 11 is 6.11. The van der Waals surface area contributed by atoms with Crippen molar-refractivity contribution in [1.82, 2.24) is 10.6 Å². The standard InChI is InChI=1S/C19H29ClN4O.HI/c1-2-21-19(22-10-8-18-7-4-12-25-18)23-16-9-11-24(14-16)17-6-3-5-15(20)13-17;/h3,5-6,13,16,18H,2,4,7-12,14H2,1H3,(H2,21,22,23);1H. The van der Waals surface area contributed by atoms with Crippen LogP contribution < -0.4 is 15.5 Å². The highest BCUT2D eigenvalue weighted by atomic mass is 127. The maximum Gasteiger partial charge on any atom is 0.191 e. The minimum Gasteiger partial charge on any atom is -0.378 e. The third kappa shape index (κ3) is 6.46. The van der Waals surface area contributed by atoms with E-state index in [1.54, 1.807) is 0 Å². The normalized spacial score (nSPS) is 23.0. The second kappa shape index (κ2) is 11.2. The van der Waals surface area contributed by atoms with Crippen molar-refractivity contribution in [3.8, 4) is 0 Å². The second-order valence-corrected chi connectivity index (χ2v) is 7.18. The molecule has 0 radical (unpaired) electrons. The Balaban J connectivity index is 0.00000243. The van der Waals surface area contributed by atoms with Gasteiger partial charge in [0.25, 0.3) is 0 Å². The fourth-order valence-electron chi connectivity index (χ4n) is 3.49. The number of ether oxygens (including phenoxy) is 1. The first-order valence-corrected chi connectivity index (χ1v) is 9.79. The Morgan fingerprint density at radius 1 is 1.38 bits per heavy atom. The van der Waals surface area contributed by atoms with E-state index in [1.807, 2.05) is 18.2 Å². The highest BCUT2D eigenvalue weighted by Gasteiger charge is 2.23. The van der Waals surface area contributed by atoms with E-state index in [4.69, 9.17) is 21.3 Å². The molecule has 0 spiro atoms. The summed E-state index contributed by atoms with van der Waals surface area (Å²) in [7, 11) is 0. The predicted octanol–water partition coefficient (Wildman–Crippen LogP) is 3.66. The molecule has 2 saturated heterocycles. The van der Waals surface area contributed by atoms with E-state index in [9.17, 15) is 0 Å². The summed E-state index contributed by atoms with van der Waals surface area (Å²) in [5, 5.41) is 7.73. The maximum absolute atomic E-state index is 6.11. The first-order chi connectivity index (χ1) is 12.2. The van der Waals surface area contributed by atoms with E-state index in [1.165, 1.54) is 18.5 Å². The van der Waals surface area contributed by atoms with Crippen molar-refractivity contribution in [3.63, 3.8) is 0 Å². The monoisotopic (exact) mass is 492 g/mol. The summed E-state index contributed by atoms with van der Waals surface area (Å²) in [6.45, 7) is 6.70. The molecule has 3 rings (SSSR count). The average molecular weight is 493 g/mol. The molecule has 7 heteroatoms. The summed E-state index contributed by atoms with van der Waals surface area (Å²) in [4.78, 5) is 7.10. The number of hydrogen-bond donors (Lipinski definition) is 2. The van der Waals surface area contributed by atoms with Crippen LogP contribution in [-0.4, -0.2) is 50.9 Å². The van der Waals surface area contributed by atoms with Crippen LogP contribution in [0.5, 0.6) is 0 Å². The molecule has 1 aromatic carbocycles. The molecule has 5 nitrogen and oxygen atoms in total. The van der Waals surface area contributed by atoms with Gasteiger partial charge in [-0.05, 0) is 50.8 Å². The maximum atomic E-state index is 6.11. The van der Waals surface area contributed by atoms with Crippen LogP contribution in [0.1, 0.15) is 32.6 Å². The van der Waals surface area contributed by atoms with E-state index in [0.29, 0.717) is 12.1 Å². The first-order valence-electron chi connectivity index (χ1n) is 9.41. The molecule has 2 heterocycles. The number of guanidine groups is 1. The Kier molecular flexibility index (Phi) is 9.28. The highest BCUT2D eigenvalue weighted by Crippen LogP contribution is 2.23. The SMILES string of the molecule is CCNC(=NCCC1CCCO1)NC1CCN(c2cccc(Cl)c2)C1.I. The third-order valence-electron chi connectivity index (χ3n) is 4.79. The van der Waals surface area contributed by atoms with Gasteiger partial charge < -0.3 is 20.3 Å². The number of anilines is 1. The fourth-order valence-corrected chi connectivity index (χ4v) is 3.68. The quantitative estimate of drug-likeness (QED) is 0.361. The number of nitrogens with zero attached hydrogens (tertiary/aromatic N) is 2. The van der Waals surface area contributed by atoms with Crippen molar-refractivity contribution in [1.29, 1.82) is 0 Å². The van der Waals surface area contributed by atoms with Crippen molar-refractivity contribution in [3.05, 3.63) is 29.3 Å². The molecular weight excluding hydrogens is 463 g/mol. The highest BCUT2D eigenvalue weighted by molar-refractivity contribution is 14.0. The predicted molar refractivity (Wildman–Crippen MR) is 120 cm³/mol. The molecule has 0 bridgehead atoms. The molecule has 0 saturated carbocycles. The van der Waals surface area contributed by atoms with Crippen LogP contribution in [0.15, 0.2) is 29.3 Å². The van der Waals surface area contributed by atoms with Gasteiger partial charge in [0.1, 0.15) is 0 Å². The van der Waals surface area contributed by atoms with E-state index in [0.717, 1.165) is 56.6 Å². The lowest BCUT2D eigenvalue weighted by molar-refractivity contribution is 0.106. The Labute approximate surface area is 178 Å². The number of halogens is 2. The molecule has 2 unspecified atom stereocenters. The Morgan fingerprint density at radius 2 is 2.27 bits per heavy atom. The van der Waals surface area contributed by atoms with Crippen molar-refractivity contribution < 1.29 is 4.74 Å². The van der Waals surface area contributed by atoms with Crippen LogP contribution >= 0.6 is 35.6 Å². The summed E-state index contributed by atoms with van der Waals surface area (Å²) < 4.78 is 5.67. The zero-order valence-electron chi connectivity index (χ0n) is 15.4. The summed E-state index contributed by atoms with van der Waals surface area (Å²) in [5.41, 5.74) is 1.19. The number of benzene rings is 1. The summed E-state index contributed by atoms with van der Waals surface area (Å²) in [5.74, 6) is 0.915. The van der Waals surface area contributed by atoms with Crippen molar-refractivity contribution >= 4 is 47.2 Å². The van der Waals surface area contributed by atoms with Gasteiger partial charge in [-0.25, -0.2) is 0 Å². The zero-order chi connectivity index (χ0) is 17.5. The van der Waals surface area contributed by atoms with Crippen LogP contribution in [-0.2, 0) is 4.74 Å². The zero-order valence-corrected chi connectivity index (χ0v) is 18.5. The second-order valence-electron chi connectivity index (χ2n) is 6.74. The van der Waals surface area contributed by atoms with Gasteiger partial charge >= 0.3 is 0 Å². The Bertz CT molecular complexity index is 580. The van der Waals surface area contributed by atoms with Gasteiger partial charge in [0.15, 0.2) is 5.96 Å². The molecule has 2 aliphatic rings. The number of aliphatic imine (C=N–C) groups is 1. The van der Waals surface area contributed by atoms with Crippen LogP contribution in [0.2, 0.25) is 5.02 Å². The molecule has 2 N–H and O–H groups in total. The van der Waals surface area contributed by atoms with Crippen molar-refractivity contribution in [2.24, 2.45) is 4.99 Å². The molecule has 2 atom stereocenters. The van der Waals surface area contributed by atoms with Crippen LogP contribution in [0.4, 0.5) is 5.69 Å². The van der Waals surface area contributed by atoms with Gasteiger partial charge in [-0.2, -0.15) is 0 Å². The summed E-state index contributed by atoms with van der Waals surface area (Å²) in [6, 6.07) is 8.48. The lowest BCUT2D eigenvalue weighted by atomic mass is 10.2. The lowest BCUT2D eigenvalue weighted by Crippen LogP contribution is -2.44. The molecule has 0 aliphatic carbocycles. The molecule has 2 aliphatic heterocycles. The molecule has 146 valence electrons. The molecule has 0 aromatic heterocycles. The van der Waals surface area contributed by atoms with Crippen LogP contribution in [0.25, 0.3) is 0 Å². The third-order valence-corrected chi connectivity index (χ3v) is 5.03. The van der Waals surface area contributed by atoms with Gasteiger partial charge in [0.2, 0.25) is 0 Å². The molecule has 26 heavy (non-hydrogen) atoms. The first kappa shape index (κ1) is 21.6. The smallest absolute Gasteiger partial charge is 0.191 e. The molecule has 0 amide bonds. The Morgan fingerprint density at radius 3 is 3.00 bits per heavy atom. The molecule has 2 fully saturated rings. The average Bonchev–Trinajstić information content (AvgIpc) is 3.27. The van der Waals surface area contributed by atoms with Gasteiger partial charge in [0.05, 0.1) is 6.10 Å². The van der Waals surface area contributed by atoms with Gasteiger partial charge in [-0.1, -0.05) is 17.7 Å². The van der Waals surface area contributed by atoms with Gasteiger partial charge in [-0.15, -0.1) is 24.0 Å². The molecule has 1 aromatic rings. The van der Waals surface area contributed by atoms with E-state index < -0.39 is 0 Å². The lowest BCUT2D eigenvalue weighted by Gasteiger charge is -2.20. The Hall–Kier alpha value is -0.730. The van der Waals surface area contributed by atoms with Gasteiger partial charge in [0, 0.05) is 49.5 Å². The van der Waals surface area contributed by atoms with Crippen LogP contribution in [0.3, 0.4) is 0 Å². The number of rotatable bonds is 6. The van der Waals surface area contributed by atoms with Gasteiger partial charge in [-0.3, -0.25) is 4.99 Å². The van der Waals surface area contributed by atoms with E-state index in [2.05, 4.69) is 28.5 Å². The number of hydrogen-bond acceptors (Lipinski definition) is 3.